The minimum Gasteiger partial charge on any atom is -0.381 e. The van der Waals surface area contributed by atoms with Crippen LogP contribution in [0.1, 0.15) is 42.4 Å². The second-order valence-electron chi connectivity index (χ2n) is 10.1. The van der Waals surface area contributed by atoms with Crippen LogP contribution in [0.4, 0.5) is 5.69 Å². The largest absolute Gasteiger partial charge is 0.381 e. The normalized spacial score (nSPS) is 19.4. The molecule has 3 heterocycles. The maximum Gasteiger partial charge on any atom is 0.0991 e. The van der Waals surface area contributed by atoms with E-state index in [-0.39, 0.29) is 0 Å². The predicted molar refractivity (Wildman–Crippen MR) is 143 cm³/mol. The Bertz CT molecular complexity index is 1150. The van der Waals surface area contributed by atoms with Gasteiger partial charge >= 0.3 is 0 Å². The van der Waals surface area contributed by atoms with Gasteiger partial charge in [0.05, 0.1) is 29.0 Å². The van der Waals surface area contributed by atoms with E-state index in [0.29, 0.717) is 17.6 Å². The summed E-state index contributed by atoms with van der Waals surface area (Å²) in [4.78, 5) is 7.47. The molecule has 2 saturated heterocycles. The zero-order chi connectivity index (χ0) is 24.7. The van der Waals surface area contributed by atoms with Crippen molar-refractivity contribution in [1.82, 2.24) is 15.1 Å². The molecule has 0 amide bonds. The molecule has 184 valence electrons. The van der Waals surface area contributed by atoms with E-state index in [9.17, 15) is 0 Å². The molecule has 2 fully saturated rings. The van der Waals surface area contributed by atoms with Gasteiger partial charge in [0, 0.05) is 63.2 Å². The van der Waals surface area contributed by atoms with Crippen molar-refractivity contribution in [2.75, 3.05) is 37.6 Å². The Balaban J connectivity index is 1.08. The first-order valence-corrected chi connectivity index (χ1v) is 13.1. The first-order valence-electron chi connectivity index (χ1n) is 13.1. The minimum atomic E-state index is 0.491. The average molecular weight is 479 g/mol. The Morgan fingerprint density at radius 1 is 0.806 bits per heavy atom. The van der Waals surface area contributed by atoms with Crippen molar-refractivity contribution in [3.8, 4) is 12.1 Å². The number of anilines is 1. The number of nitriles is 2. The number of rotatable bonds is 6. The summed E-state index contributed by atoms with van der Waals surface area (Å²) in [5, 5.41) is 21.8. The number of likely N-dealkylation sites (tertiary alicyclic amines) is 1. The van der Waals surface area contributed by atoms with E-state index in [0.717, 1.165) is 57.7 Å². The molecule has 0 spiro atoms. The number of hydrogen-bond donors (Lipinski definition) is 1. The molecule has 5 rings (SSSR count). The van der Waals surface area contributed by atoms with E-state index in [2.05, 4.69) is 74.8 Å². The standard InChI is InChI=1S/C30H34N6/c31-20-24-3-5-26(6-4-24)22-34-16-13-30(14-17-34)36-15-1-2-28(23-36)33-27-11-18-35(19-12-27)29-9-7-25(21-32)8-10-29/h1-10,23,27,30,33H,11-19,22H2. The summed E-state index contributed by atoms with van der Waals surface area (Å²) in [6, 6.07) is 21.4. The molecule has 0 atom stereocenters. The van der Waals surface area contributed by atoms with Gasteiger partial charge in [0.25, 0.3) is 0 Å². The van der Waals surface area contributed by atoms with Gasteiger partial charge in [0.2, 0.25) is 0 Å². The van der Waals surface area contributed by atoms with Crippen LogP contribution in [0, 0.1) is 22.7 Å². The lowest BCUT2D eigenvalue weighted by Gasteiger charge is -2.39. The third-order valence-corrected chi connectivity index (χ3v) is 7.66. The molecule has 2 aromatic rings. The van der Waals surface area contributed by atoms with Crippen LogP contribution >= 0.6 is 0 Å². The van der Waals surface area contributed by atoms with Crippen molar-refractivity contribution >= 4 is 5.69 Å². The van der Waals surface area contributed by atoms with E-state index in [1.54, 1.807) is 0 Å². The molecule has 1 N–H and O–H groups in total. The van der Waals surface area contributed by atoms with Crippen molar-refractivity contribution in [1.29, 1.82) is 10.5 Å². The van der Waals surface area contributed by atoms with E-state index in [1.165, 1.54) is 29.8 Å². The van der Waals surface area contributed by atoms with Crippen molar-refractivity contribution in [2.45, 2.75) is 44.3 Å². The van der Waals surface area contributed by atoms with Crippen molar-refractivity contribution in [3.63, 3.8) is 0 Å². The van der Waals surface area contributed by atoms with Gasteiger partial charge < -0.3 is 15.1 Å². The Labute approximate surface area is 214 Å². The van der Waals surface area contributed by atoms with Gasteiger partial charge in [-0.25, -0.2) is 0 Å². The molecular formula is C30H34N6. The van der Waals surface area contributed by atoms with Gasteiger partial charge in [-0.1, -0.05) is 18.2 Å². The van der Waals surface area contributed by atoms with Crippen molar-refractivity contribution < 1.29 is 0 Å². The lowest BCUT2D eigenvalue weighted by molar-refractivity contribution is 0.141. The molecule has 2 aromatic carbocycles. The summed E-state index contributed by atoms with van der Waals surface area (Å²) in [6.45, 7) is 6.22. The van der Waals surface area contributed by atoms with Crippen LogP contribution in [0.15, 0.2) is 72.6 Å². The molecule has 3 aliphatic heterocycles. The summed E-state index contributed by atoms with van der Waals surface area (Å²) in [7, 11) is 0. The molecule has 36 heavy (non-hydrogen) atoms. The molecule has 0 aliphatic carbocycles. The van der Waals surface area contributed by atoms with E-state index in [1.807, 2.05) is 24.3 Å². The molecular weight excluding hydrogens is 444 g/mol. The van der Waals surface area contributed by atoms with Gasteiger partial charge in [0.15, 0.2) is 0 Å². The fourth-order valence-electron chi connectivity index (χ4n) is 5.53. The van der Waals surface area contributed by atoms with Crippen LogP contribution in [0.25, 0.3) is 0 Å². The topological polar surface area (TPSA) is 69.3 Å². The fraction of sp³-hybridized carbons (Fsp3) is 0.400. The van der Waals surface area contributed by atoms with Crippen LogP contribution in [0.3, 0.4) is 0 Å². The van der Waals surface area contributed by atoms with Crippen LogP contribution in [0.5, 0.6) is 0 Å². The third-order valence-electron chi connectivity index (χ3n) is 7.66. The highest BCUT2D eigenvalue weighted by Crippen LogP contribution is 2.24. The molecule has 3 aliphatic rings. The Morgan fingerprint density at radius 3 is 2.08 bits per heavy atom. The first kappa shape index (κ1) is 24.0. The summed E-state index contributed by atoms with van der Waals surface area (Å²) in [5.41, 5.74) is 5.17. The Kier molecular flexibility index (Phi) is 7.55. The summed E-state index contributed by atoms with van der Waals surface area (Å²) >= 11 is 0. The van der Waals surface area contributed by atoms with Gasteiger partial charge in [-0.3, -0.25) is 4.90 Å². The number of hydrogen-bond acceptors (Lipinski definition) is 6. The van der Waals surface area contributed by atoms with E-state index >= 15 is 0 Å². The summed E-state index contributed by atoms with van der Waals surface area (Å²) in [6.07, 6.45) is 11.4. The van der Waals surface area contributed by atoms with Crippen LogP contribution < -0.4 is 10.2 Å². The SMILES string of the molecule is N#Cc1ccc(CN2CCC(N3C=C(NC4CCN(c5ccc(C#N)cc5)CC4)C=CC3)CC2)cc1. The second-order valence-corrected chi connectivity index (χ2v) is 10.1. The molecule has 0 saturated carbocycles. The molecule has 0 unspecified atom stereocenters. The quantitative estimate of drug-likeness (QED) is 0.665. The number of benzene rings is 2. The first-order chi connectivity index (χ1) is 17.7. The zero-order valence-corrected chi connectivity index (χ0v) is 20.8. The molecule has 6 nitrogen and oxygen atoms in total. The van der Waals surface area contributed by atoms with Crippen LogP contribution in [-0.4, -0.2) is 54.6 Å². The van der Waals surface area contributed by atoms with Gasteiger partial charge in [0.1, 0.15) is 0 Å². The van der Waals surface area contributed by atoms with Gasteiger partial charge in [-0.15, -0.1) is 0 Å². The van der Waals surface area contributed by atoms with Crippen LogP contribution in [-0.2, 0) is 6.54 Å². The monoisotopic (exact) mass is 478 g/mol. The lowest BCUT2D eigenvalue weighted by atomic mass is 10.0. The smallest absolute Gasteiger partial charge is 0.0991 e. The summed E-state index contributed by atoms with van der Waals surface area (Å²) in [5.74, 6) is 0. The predicted octanol–water partition coefficient (Wildman–Crippen LogP) is 4.37. The minimum absolute atomic E-state index is 0.491. The zero-order valence-electron chi connectivity index (χ0n) is 20.8. The number of nitrogens with one attached hydrogen (secondary N) is 1. The highest BCUT2D eigenvalue weighted by Gasteiger charge is 2.25. The molecule has 0 aromatic heterocycles. The lowest BCUT2D eigenvalue weighted by Crippen LogP contribution is -2.45. The van der Waals surface area contributed by atoms with Gasteiger partial charge in [-0.05, 0) is 73.7 Å². The maximum atomic E-state index is 9.02. The fourth-order valence-corrected chi connectivity index (χ4v) is 5.53. The van der Waals surface area contributed by atoms with E-state index < -0.39 is 0 Å². The number of nitrogens with zero attached hydrogens (tertiary/aromatic N) is 5. The summed E-state index contributed by atoms with van der Waals surface area (Å²) < 4.78 is 0. The van der Waals surface area contributed by atoms with E-state index in [4.69, 9.17) is 10.5 Å². The van der Waals surface area contributed by atoms with Crippen LogP contribution in [0.2, 0.25) is 0 Å². The second kappa shape index (κ2) is 11.3. The molecule has 0 bridgehead atoms. The highest BCUT2D eigenvalue weighted by atomic mass is 15.2. The molecule has 0 radical (unpaired) electrons. The highest BCUT2D eigenvalue weighted by molar-refractivity contribution is 5.50. The number of piperidine rings is 2. The van der Waals surface area contributed by atoms with Crippen molar-refractivity contribution in [3.05, 3.63) is 89.3 Å². The average Bonchev–Trinajstić information content (AvgIpc) is 2.94. The molecule has 6 heteroatoms. The Hall–Kier alpha value is -3.74. The number of allylic oxidation sites excluding steroid dienone is 1. The third kappa shape index (κ3) is 5.90. The van der Waals surface area contributed by atoms with Gasteiger partial charge in [-0.2, -0.15) is 10.5 Å². The maximum absolute atomic E-state index is 9.02. The van der Waals surface area contributed by atoms with Crippen molar-refractivity contribution in [2.24, 2.45) is 0 Å². The Morgan fingerprint density at radius 2 is 1.44 bits per heavy atom.